The SMILES string of the molecule is CCOC(=O)C=Cc1ccc(O)cc1N. The monoisotopic (exact) mass is 207 g/mol. The summed E-state index contributed by atoms with van der Waals surface area (Å²) in [6.45, 7) is 2.08. The van der Waals surface area contributed by atoms with Crippen LogP contribution in [0.4, 0.5) is 5.69 Å². The first kappa shape index (κ1) is 11.1. The first-order valence-electron chi connectivity index (χ1n) is 4.57. The third-order valence-electron chi connectivity index (χ3n) is 1.76. The van der Waals surface area contributed by atoms with Crippen molar-refractivity contribution in [2.24, 2.45) is 0 Å². The van der Waals surface area contributed by atoms with Crippen molar-refractivity contribution in [3.63, 3.8) is 0 Å². The van der Waals surface area contributed by atoms with Crippen molar-refractivity contribution in [2.75, 3.05) is 12.3 Å². The number of carbonyl (C=O) groups is 1. The zero-order valence-corrected chi connectivity index (χ0v) is 8.43. The smallest absolute Gasteiger partial charge is 0.330 e. The molecule has 0 amide bonds. The molecule has 0 aliphatic rings. The highest BCUT2D eigenvalue weighted by atomic mass is 16.5. The van der Waals surface area contributed by atoms with Crippen LogP contribution in [0.2, 0.25) is 0 Å². The van der Waals surface area contributed by atoms with Gasteiger partial charge in [0.2, 0.25) is 0 Å². The second-order valence-electron chi connectivity index (χ2n) is 2.90. The lowest BCUT2D eigenvalue weighted by Gasteiger charge is -2.00. The molecule has 0 saturated heterocycles. The highest BCUT2D eigenvalue weighted by Crippen LogP contribution is 2.19. The van der Waals surface area contributed by atoms with Gasteiger partial charge in [-0.15, -0.1) is 0 Å². The highest BCUT2D eigenvalue weighted by Gasteiger charge is 1.98. The van der Waals surface area contributed by atoms with Gasteiger partial charge in [-0.2, -0.15) is 0 Å². The van der Waals surface area contributed by atoms with Crippen LogP contribution in [0.25, 0.3) is 6.08 Å². The fourth-order valence-corrected chi connectivity index (χ4v) is 1.06. The summed E-state index contributed by atoms with van der Waals surface area (Å²) >= 11 is 0. The number of anilines is 1. The lowest BCUT2D eigenvalue weighted by molar-refractivity contribution is -0.137. The molecule has 0 unspecified atom stereocenters. The van der Waals surface area contributed by atoms with Gasteiger partial charge in [0.15, 0.2) is 0 Å². The molecule has 3 N–H and O–H groups in total. The number of aromatic hydroxyl groups is 1. The molecule has 0 saturated carbocycles. The first-order chi connectivity index (χ1) is 7.13. The minimum atomic E-state index is -0.412. The minimum absolute atomic E-state index is 0.0979. The van der Waals surface area contributed by atoms with Crippen LogP contribution in [0.1, 0.15) is 12.5 Å². The third-order valence-corrected chi connectivity index (χ3v) is 1.76. The summed E-state index contributed by atoms with van der Waals surface area (Å²) in [6.07, 6.45) is 2.85. The number of nitrogens with two attached hydrogens (primary N) is 1. The molecule has 1 aromatic rings. The molecule has 0 heterocycles. The van der Waals surface area contributed by atoms with Gasteiger partial charge in [0.25, 0.3) is 0 Å². The maximum absolute atomic E-state index is 11.0. The van der Waals surface area contributed by atoms with Crippen LogP contribution in [0.3, 0.4) is 0 Å². The van der Waals surface area contributed by atoms with Crippen LogP contribution in [-0.2, 0) is 9.53 Å². The number of benzene rings is 1. The van der Waals surface area contributed by atoms with E-state index in [1.54, 1.807) is 19.1 Å². The molecule has 0 bridgehead atoms. The Balaban J connectivity index is 2.76. The maximum atomic E-state index is 11.0. The molecule has 80 valence electrons. The Kier molecular flexibility index (Phi) is 3.74. The largest absolute Gasteiger partial charge is 0.508 e. The van der Waals surface area contributed by atoms with E-state index >= 15 is 0 Å². The van der Waals surface area contributed by atoms with E-state index in [0.29, 0.717) is 17.9 Å². The summed E-state index contributed by atoms with van der Waals surface area (Å²) in [5.41, 5.74) is 6.70. The number of phenolic OH excluding ortho intramolecular Hbond substituents is 1. The van der Waals surface area contributed by atoms with Gasteiger partial charge in [-0.1, -0.05) is 0 Å². The number of nitrogen functional groups attached to an aromatic ring is 1. The van der Waals surface area contributed by atoms with E-state index in [1.807, 2.05) is 0 Å². The number of hydrogen-bond acceptors (Lipinski definition) is 4. The molecule has 0 atom stereocenters. The lowest BCUT2D eigenvalue weighted by atomic mass is 10.1. The average Bonchev–Trinajstić information content (AvgIpc) is 2.17. The minimum Gasteiger partial charge on any atom is -0.508 e. The summed E-state index contributed by atoms with van der Waals surface area (Å²) in [5.74, 6) is -0.314. The standard InChI is InChI=1S/C11H13NO3/c1-2-15-11(14)6-4-8-3-5-9(13)7-10(8)12/h3-7,13H,2,12H2,1H3. The molecule has 0 aromatic heterocycles. The molecule has 0 radical (unpaired) electrons. The van der Waals surface area contributed by atoms with E-state index in [2.05, 4.69) is 0 Å². The van der Waals surface area contributed by atoms with Crippen LogP contribution >= 0.6 is 0 Å². The van der Waals surface area contributed by atoms with E-state index in [4.69, 9.17) is 15.6 Å². The molecule has 1 rings (SSSR count). The zero-order chi connectivity index (χ0) is 11.3. The topological polar surface area (TPSA) is 72.5 Å². The van der Waals surface area contributed by atoms with Crippen molar-refractivity contribution in [3.05, 3.63) is 29.8 Å². The van der Waals surface area contributed by atoms with E-state index in [1.165, 1.54) is 18.2 Å². The molecule has 1 aromatic carbocycles. The van der Waals surface area contributed by atoms with Crippen LogP contribution in [0.15, 0.2) is 24.3 Å². The van der Waals surface area contributed by atoms with E-state index in [9.17, 15) is 4.79 Å². The van der Waals surface area contributed by atoms with Crippen LogP contribution in [-0.4, -0.2) is 17.7 Å². The summed E-state index contributed by atoms with van der Waals surface area (Å²) in [6, 6.07) is 4.55. The van der Waals surface area contributed by atoms with Gasteiger partial charge in [0.05, 0.1) is 6.61 Å². The van der Waals surface area contributed by atoms with Gasteiger partial charge >= 0.3 is 5.97 Å². The van der Waals surface area contributed by atoms with Gasteiger partial charge in [-0.25, -0.2) is 4.79 Å². The van der Waals surface area contributed by atoms with Crippen LogP contribution in [0.5, 0.6) is 5.75 Å². The van der Waals surface area contributed by atoms with Crippen molar-refractivity contribution < 1.29 is 14.6 Å². The van der Waals surface area contributed by atoms with Gasteiger partial charge in [0, 0.05) is 17.8 Å². The summed E-state index contributed by atoms with van der Waals surface area (Å²) in [4.78, 5) is 11.0. The van der Waals surface area contributed by atoms with Gasteiger partial charge in [-0.05, 0) is 30.7 Å². The predicted molar refractivity (Wildman–Crippen MR) is 58.2 cm³/mol. The number of phenols is 1. The summed E-state index contributed by atoms with van der Waals surface area (Å²) in [5, 5.41) is 9.10. The van der Waals surface area contributed by atoms with Crippen molar-refractivity contribution in [3.8, 4) is 5.75 Å². The number of carbonyl (C=O) groups excluding carboxylic acids is 1. The average molecular weight is 207 g/mol. The molecule has 0 aliphatic heterocycles. The van der Waals surface area contributed by atoms with Crippen molar-refractivity contribution in [1.29, 1.82) is 0 Å². The Morgan fingerprint density at radius 2 is 2.33 bits per heavy atom. The Morgan fingerprint density at radius 3 is 2.93 bits per heavy atom. The van der Waals surface area contributed by atoms with Crippen molar-refractivity contribution in [2.45, 2.75) is 6.92 Å². The van der Waals surface area contributed by atoms with E-state index in [0.717, 1.165) is 0 Å². The number of ether oxygens (including phenoxy) is 1. The molecular formula is C11H13NO3. The lowest BCUT2D eigenvalue weighted by Crippen LogP contribution is -1.99. The second kappa shape index (κ2) is 5.05. The molecular weight excluding hydrogens is 194 g/mol. The quantitative estimate of drug-likeness (QED) is 0.448. The zero-order valence-electron chi connectivity index (χ0n) is 8.43. The fourth-order valence-electron chi connectivity index (χ4n) is 1.06. The molecule has 4 nitrogen and oxygen atoms in total. The normalized spacial score (nSPS) is 10.5. The summed E-state index contributed by atoms with van der Waals surface area (Å²) < 4.78 is 4.71. The van der Waals surface area contributed by atoms with Gasteiger partial charge < -0.3 is 15.6 Å². The molecule has 15 heavy (non-hydrogen) atoms. The molecule has 4 heteroatoms. The fraction of sp³-hybridized carbons (Fsp3) is 0.182. The number of rotatable bonds is 3. The van der Waals surface area contributed by atoms with Crippen molar-refractivity contribution >= 4 is 17.7 Å². The summed E-state index contributed by atoms with van der Waals surface area (Å²) in [7, 11) is 0. The first-order valence-corrected chi connectivity index (χ1v) is 4.57. The predicted octanol–water partition coefficient (Wildman–Crippen LogP) is 1.55. The second-order valence-corrected chi connectivity index (χ2v) is 2.90. The highest BCUT2D eigenvalue weighted by molar-refractivity contribution is 5.88. The Morgan fingerprint density at radius 1 is 1.60 bits per heavy atom. The molecule has 0 fully saturated rings. The Hall–Kier alpha value is -1.97. The van der Waals surface area contributed by atoms with Crippen molar-refractivity contribution in [1.82, 2.24) is 0 Å². The van der Waals surface area contributed by atoms with Crippen LogP contribution in [0, 0.1) is 0 Å². The molecule has 0 aliphatic carbocycles. The van der Waals surface area contributed by atoms with E-state index in [-0.39, 0.29) is 5.75 Å². The number of esters is 1. The number of hydrogen-bond donors (Lipinski definition) is 2. The van der Waals surface area contributed by atoms with Gasteiger partial charge in [0.1, 0.15) is 5.75 Å². The maximum Gasteiger partial charge on any atom is 0.330 e. The molecule has 0 spiro atoms. The third kappa shape index (κ3) is 3.34. The van der Waals surface area contributed by atoms with Crippen LogP contribution < -0.4 is 5.73 Å². The van der Waals surface area contributed by atoms with E-state index < -0.39 is 5.97 Å². The van der Waals surface area contributed by atoms with Gasteiger partial charge in [-0.3, -0.25) is 0 Å². The Bertz CT molecular complexity index is 385. The Labute approximate surface area is 88.0 Å².